The van der Waals surface area contributed by atoms with Gasteiger partial charge in [-0.25, -0.2) is 0 Å². The van der Waals surface area contributed by atoms with Crippen LogP contribution in [0.2, 0.25) is 0 Å². The molecule has 2 atom stereocenters. The molecule has 0 saturated carbocycles. The van der Waals surface area contributed by atoms with E-state index >= 15 is 0 Å². The lowest BCUT2D eigenvalue weighted by Crippen LogP contribution is -2.35. The summed E-state index contributed by atoms with van der Waals surface area (Å²) in [6.07, 6.45) is 5.21. The van der Waals surface area contributed by atoms with E-state index in [1.807, 2.05) is 0 Å². The van der Waals surface area contributed by atoms with Crippen LogP contribution in [0.5, 0.6) is 0 Å². The SMILES string of the molecule is CCCC(C)COC(=O)C1(CCC)CCNC1. The summed E-state index contributed by atoms with van der Waals surface area (Å²) in [5.41, 5.74) is -0.235. The van der Waals surface area contributed by atoms with E-state index < -0.39 is 0 Å². The highest BCUT2D eigenvalue weighted by Gasteiger charge is 2.41. The van der Waals surface area contributed by atoms with Crippen molar-refractivity contribution in [1.29, 1.82) is 0 Å². The maximum absolute atomic E-state index is 12.2. The molecule has 0 bridgehead atoms. The lowest BCUT2D eigenvalue weighted by Gasteiger charge is -2.26. The molecule has 1 N–H and O–H groups in total. The lowest BCUT2D eigenvalue weighted by atomic mass is 9.82. The second-order valence-corrected chi connectivity index (χ2v) is 5.45. The van der Waals surface area contributed by atoms with Crippen LogP contribution in [0.25, 0.3) is 0 Å². The maximum Gasteiger partial charge on any atom is 0.313 e. The Morgan fingerprint density at radius 2 is 2.18 bits per heavy atom. The van der Waals surface area contributed by atoms with Crippen LogP contribution in [-0.2, 0) is 9.53 Å². The fourth-order valence-electron chi connectivity index (χ4n) is 2.66. The molecule has 17 heavy (non-hydrogen) atoms. The predicted octanol–water partition coefficient (Wildman–Crippen LogP) is 2.75. The molecular formula is C14H27NO2. The van der Waals surface area contributed by atoms with Crippen molar-refractivity contribution in [1.82, 2.24) is 5.32 Å². The van der Waals surface area contributed by atoms with Crippen molar-refractivity contribution in [3.8, 4) is 0 Å². The van der Waals surface area contributed by atoms with Crippen molar-refractivity contribution in [3.63, 3.8) is 0 Å². The Labute approximate surface area is 105 Å². The van der Waals surface area contributed by atoms with Gasteiger partial charge in [-0.05, 0) is 31.7 Å². The number of hydrogen-bond acceptors (Lipinski definition) is 3. The second kappa shape index (κ2) is 7.00. The minimum atomic E-state index is -0.235. The first-order chi connectivity index (χ1) is 8.14. The molecule has 3 heteroatoms. The third kappa shape index (κ3) is 3.98. The van der Waals surface area contributed by atoms with Gasteiger partial charge in [0.15, 0.2) is 0 Å². The minimum Gasteiger partial charge on any atom is -0.465 e. The molecule has 1 aliphatic rings. The van der Waals surface area contributed by atoms with E-state index in [0.29, 0.717) is 12.5 Å². The number of carbonyl (C=O) groups is 1. The molecule has 0 aliphatic carbocycles. The summed E-state index contributed by atoms with van der Waals surface area (Å²) in [6, 6.07) is 0. The van der Waals surface area contributed by atoms with Crippen LogP contribution in [-0.4, -0.2) is 25.7 Å². The molecule has 0 aromatic carbocycles. The first kappa shape index (κ1) is 14.5. The molecule has 0 amide bonds. The number of carbonyl (C=O) groups excluding carboxylic acids is 1. The molecular weight excluding hydrogens is 214 g/mol. The average molecular weight is 241 g/mol. The van der Waals surface area contributed by atoms with Gasteiger partial charge < -0.3 is 10.1 Å². The predicted molar refractivity (Wildman–Crippen MR) is 69.9 cm³/mol. The molecule has 1 heterocycles. The first-order valence-electron chi connectivity index (χ1n) is 7.02. The quantitative estimate of drug-likeness (QED) is 0.697. The van der Waals surface area contributed by atoms with Gasteiger partial charge in [-0.1, -0.05) is 33.6 Å². The highest BCUT2D eigenvalue weighted by molar-refractivity contribution is 5.77. The molecule has 1 aliphatic heterocycles. The first-order valence-corrected chi connectivity index (χ1v) is 7.02. The largest absolute Gasteiger partial charge is 0.465 e. The smallest absolute Gasteiger partial charge is 0.313 e. The highest BCUT2D eigenvalue weighted by Crippen LogP contribution is 2.32. The Morgan fingerprint density at radius 3 is 2.71 bits per heavy atom. The number of nitrogens with one attached hydrogen (secondary N) is 1. The van der Waals surface area contributed by atoms with Crippen LogP contribution >= 0.6 is 0 Å². The molecule has 0 aromatic heterocycles. The highest BCUT2D eigenvalue weighted by atomic mass is 16.5. The topological polar surface area (TPSA) is 38.3 Å². The number of esters is 1. The third-order valence-corrected chi connectivity index (χ3v) is 3.69. The van der Waals surface area contributed by atoms with Crippen molar-refractivity contribution in [2.24, 2.45) is 11.3 Å². The summed E-state index contributed by atoms with van der Waals surface area (Å²) >= 11 is 0. The van der Waals surface area contributed by atoms with Gasteiger partial charge in [0.2, 0.25) is 0 Å². The molecule has 1 saturated heterocycles. The van der Waals surface area contributed by atoms with Crippen LogP contribution in [0.1, 0.15) is 52.9 Å². The normalized spacial score (nSPS) is 25.8. The van der Waals surface area contributed by atoms with E-state index in [9.17, 15) is 4.79 Å². The lowest BCUT2D eigenvalue weighted by molar-refractivity contribution is -0.156. The zero-order valence-corrected chi connectivity index (χ0v) is 11.6. The van der Waals surface area contributed by atoms with Crippen LogP contribution in [0, 0.1) is 11.3 Å². The minimum absolute atomic E-state index is 0.0207. The monoisotopic (exact) mass is 241 g/mol. The number of ether oxygens (including phenoxy) is 1. The van der Waals surface area contributed by atoms with Gasteiger partial charge in [0.05, 0.1) is 12.0 Å². The van der Waals surface area contributed by atoms with Crippen LogP contribution in [0.3, 0.4) is 0 Å². The van der Waals surface area contributed by atoms with Gasteiger partial charge in [-0.3, -0.25) is 4.79 Å². The van der Waals surface area contributed by atoms with E-state index in [0.717, 1.165) is 45.2 Å². The standard InChI is InChI=1S/C14H27NO2/c1-4-6-12(3)10-17-13(16)14(7-5-2)8-9-15-11-14/h12,15H,4-11H2,1-3H3. The van der Waals surface area contributed by atoms with Crippen molar-refractivity contribution in [2.45, 2.75) is 52.9 Å². The number of rotatable bonds is 7. The Morgan fingerprint density at radius 1 is 1.41 bits per heavy atom. The summed E-state index contributed by atoms with van der Waals surface area (Å²) in [6.45, 7) is 8.76. The maximum atomic E-state index is 12.2. The van der Waals surface area contributed by atoms with E-state index in [1.54, 1.807) is 0 Å². The van der Waals surface area contributed by atoms with Crippen molar-refractivity contribution >= 4 is 5.97 Å². The van der Waals surface area contributed by atoms with E-state index in [2.05, 4.69) is 26.1 Å². The third-order valence-electron chi connectivity index (χ3n) is 3.69. The van der Waals surface area contributed by atoms with Crippen molar-refractivity contribution < 1.29 is 9.53 Å². The Balaban J connectivity index is 2.43. The Kier molecular flexibility index (Phi) is 5.96. The van der Waals surface area contributed by atoms with Crippen LogP contribution in [0.4, 0.5) is 0 Å². The molecule has 3 nitrogen and oxygen atoms in total. The molecule has 2 unspecified atom stereocenters. The second-order valence-electron chi connectivity index (χ2n) is 5.45. The molecule has 0 spiro atoms. The van der Waals surface area contributed by atoms with Crippen molar-refractivity contribution in [2.75, 3.05) is 19.7 Å². The van der Waals surface area contributed by atoms with Gasteiger partial charge in [-0.15, -0.1) is 0 Å². The zero-order valence-electron chi connectivity index (χ0n) is 11.6. The Bertz CT molecular complexity index is 234. The molecule has 0 aromatic rings. The van der Waals surface area contributed by atoms with Gasteiger partial charge in [0, 0.05) is 6.54 Å². The summed E-state index contributed by atoms with van der Waals surface area (Å²) in [7, 11) is 0. The van der Waals surface area contributed by atoms with Crippen molar-refractivity contribution in [3.05, 3.63) is 0 Å². The van der Waals surface area contributed by atoms with Crippen LogP contribution in [0.15, 0.2) is 0 Å². The van der Waals surface area contributed by atoms with Gasteiger partial charge in [-0.2, -0.15) is 0 Å². The average Bonchev–Trinajstić information content (AvgIpc) is 2.77. The van der Waals surface area contributed by atoms with E-state index in [1.165, 1.54) is 0 Å². The summed E-state index contributed by atoms with van der Waals surface area (Å²) in [5.74, 6) is 0.504. The molecule has 100 valence electrons. The van der Waals surface area contributed by atoms with Gasteiger partial charge in [0.25, 0.3) is 0 Å². The molecule has 1 fully saturated rings. The van der Waals surface area contributed by atoms with E-state index in [-0.39, 0.29) is 11.4 Å². The summed E-state index contributed by atoms with van der Waals surface area (Å²) < 4.78 is 5.52. The summed E-state index contributed by atoms with van der Waals surface area (Å²) in [4.78, 5) is 12.2. The zero-order chi connectivity index (χ0) is 12.7. The van der Waals surface area contributed by atoms with Crippen LogP contribution < -0.4 is 5.32 Å². The number of hydrogen-bond donors (Lipinski definition) is 1. The fourth-order valence-corrected chi connectivity index (χ4v) is 2.66. The molecule has 1 rings (SSSR count). The summed E-state index contributed by atoms with van der Waals surface area (Å²) in [5, 5.41) is 3.29. The van der Waals surface area contributed by atoms with Gasteiger partial charge >= 0.3 is 5.97 Å². The molecule has 0 radical (unpaired) electrons. The fraction of sp³-hybridized carbons (Fsp3) is 0.929. The van der Waals surface area contributed by atoms with E-state index in [4.69, 9.17) is 4.74 Å². The Hall–Kier alpha value is -0.570. The van der Waals surface area contributed by atoms with Gasteiger partial charge in [0.1, 0.15) is 0 Å².